The number of pyridine rings is 1. The van der Waals surface area contributed by atoms with Crippen molar-refractivity contribution in [2.75, 3.05) is 5.32 Å². The Morgan fingerprint density at radius 1 is 0.861 bits per heavy atom. The Bertz CT molecular complexity index is 1470. The molecule has 5 rings (SSSR count). The average Bonchev–Trinajstić information content (AvgIpc) is 3.26. The fourth-order valence-electron chi connectivity index (χ4n) is 4.27. The van der Waals surface area contributed by atoms with Crippen molar-refractivity contribution in [3.05, 3.63) is 124 Å². The van der Waals surface area contributed by atoms with E-state index in [-0.39, 0.29) is 12.0 Å². The lowest BCUT2D eigenvalue weighted by atomic mass is 9.80. The Morgan fingerprint density at radius 3 is 2.28 bits per heavy atom. The highest BCUT2D eigenvalue weighted by atomic mass is 35.5. The number of aromatic nitrogens is 3. The number of alkyl halides is 3. The van der Waals surface area contributed by atoms with Gasteiger partial charge >= 0.3 is 6.18 Å². The van der Waals surface area contributed by atoms with Gasteiger partial charge in [-0.1, -0.05) is 54.1 Å². The Hall–Kier alpha value is -3.91. The summed E-state index contributed by atoms with van der Waals surface area (Å²) in [6, 6.07) is 22.2. The van der Waals surface area contributed by atoms with Gasteiger partial charge in [0.1, 0.15) is 11.4 Å². The number of benzene rings is 3. The number of H-pyrrole nitrogens is 1. The van der Waals surface area contributed by atoms with Crippen molar-refractivity contribution in [1.82, 2.24) is 15.0 Å². The number of hydrogen-bond acceptors (Lipinski definition) is 3. The Morgan fingerprint density at radius 2 is 1.58 bits per heavy atom. The van der Waals surface area contributed by atoms with Gasteiger partial charge in [-0.15, -0.1) is 0 Å². The zero-order valence-electron chi connectivity index (χ0n) is 18.7. The Labute approximate surface area is 209 Å². The molecule has 0 aliphatic carbocycles. The summed E-state index contributed by atoms with van der Waals surface area (Å²) in [5.41, 5.74) is 0.0118. The molecule has 0 saturated heterocycles. The van der Waals surface area contributed by atoms with Crippen LogP contribution in [-0.2, 0) is 18.1 Å². The minimum Gasteiger partial charge on any atom is -0.340 e. The predicted molar refractivity (Wildman–Crippen MR) is 131 cm³/mol. The van der Waals surface area contributed by atoms with Gasteiger partial charge < -0.3 is 10.3 Å². The number of imidazole rings is 1. The van der Waals surface area contributed by atoms with Crippen LogP contribution in [0, 0.1) is 5.82 Å². The van der Waals surface area contributed by atoms with Crippen LogP contribution in [0.4, 0.5) is 23.5 Å². The number of halogens is 5. The molecular weight excluding hydrogens is 492 g/mol. The number of aromatic amines is 1. The molecule has 5 aromatic rings. The quantitative estimate of drug-likeness (QED) is 0.234. The van der Waals surface area contributed by atoms with Crippen LogP contribution in [0.2, 0.25) is 5.02 Å². The molecule has 2 aromatic heterocycles. The zero-order valence-corrected chi connectivity index (χ0v) is 19.4. The maximum atomic E-state index is 14.7. The lowest BCUT2D eigenvalue weighted by Gasteiger charge is -2.35. The molecule has 0 amide bonds. The summed E-state index contributed by atoms with van der Waals surface area (Å²) in [6.45, 7) is 0. The van der Waals surface area contributed by atoms with Crippen LogP contribution in [-0.4, -0.2) is 15.0 Å². The summed E-state index contributed by atoms with van der Waals surface area (Å²) in [7, 11) is 0. The first-order valence-electron chi connectivity index (χ1n) is 11.0. The van der Waals surface area contributed by atoms with Crippen molar-refractivity contribution >= 4 is 28.6 Å². The van der Waals surface area contributed by atoms with Crippen LogP contribution < -0.4 is 5.32 Å². The SMILES string of the molecule is Fc1cc(C(F)(F)F)cc([C@](Cc2ccccc2)(Nc2nc3ccccc3[nH]2)c2ccc(Cl)cn2)c1. The molecule has 0 radical (unpaired) electrons. The van der Waals surface area contributed by atoms with E-state index in [1.54, 1.807) is 18.2 Å². The molecule has 0 saturated carbocycles. The van der Waals surface area contributed by atoms with E-state index in [4.69, 9.17) is 11.6 Å². The monoisotopic (exact) mass is 510 g/mol. The third-order valence-electron chi connectivity index (χ3n) is 5.92. The molecule has 0 spiro atoms. The maximum Gasteiger partial charge on any atom is 0.416 e. The molecule has 182 valence electrons. The van der Waals surface area contributed by atoms with Crippen molar-refractivity contribution in [1.29, 1.82) is 0 Å². The van der Waals surface area contributed by atoms with Crippen molar-refractivity contribution < 1.29 is 17.6 Å². The van der Waals surface area contributed by atoms with Crippen LogP contribution in [0.5, 0.6) is 0 Å². The molecule has 9 heteroatoms. The average molecular weight is 511 g/mol. The summed E-state index contributed by atoms with van der Waals surface area (Å²) in [6.07, 6.45) is -3.21. The number of nitrogens with one attached hydrogen (secondary N) is 2. The van der Waals surface area contributed by atoms with E-state index in [2.05, 4.69) is 20.3 Å². The number of para-hydroxylation sites is 2. The molecular formula is C27H19ClF4N4. The Balaban J connectivity index is 1.77. The van der Waals surface area contributed by atoms with Crippen molar-refractivity contribution in [3.63, 3.8) is 0 Å². The first-order chi connectivity index (χ1) is 17.2. The highest BCUT2D eigenvalue weighted by Crippen LogP contribution is 2.39. The molecule has 36 heavy (non-hydrogen) atoms. The maximum absolute atomic E-state index is 14.7. The molecule has 4 nitrogen and oxygen atoms in total. The van der Waals surface area contributed by atoms with Gasteiger partial charge in [0.25, 0.3) is 0 Å². The highest BCUT2D eigenvalue weighted by Gasteiger charge is 2.40. The summed E-state index contributed by atoms with van der Waals surface area (Å²) in [4.78, 5) is 12.2. The first-order valence-corrected chi connectivity index (χ1v) is 11.4. The minimum atomic E-state index is -4.75. The number of anilines is 1. The van der Waals surface area contributed by atoms with E-state index in [0.717, 1.165) is 23.2 Å². The second-order valence-corrected chi connectivity index (χ2v) is 8.82. The van der Waals surface area contributed by atoms with E-state index < -0.39 is 23.1 Å². The van der Waals surface area contributed by atoms with E-state index >= 15 is 0 Å². The highest BCUT2D eigenvalue weighted by molar-refractivity contribution is 6.30. The van der Waals surface area contributed by atoms with Crippen LogP contribution in [0.25, 0.3) is 11.0 Å². The standard InChI is InChI=1S/C27H19ClF4N4/c28-20-10-11-24(33-16-20)26(15-17-6-2-1-3-7-17,18-12-19(27(30,31)32)14-21(29)13-18)36-25-34-22-8-4-5-9-23(22)35-25/h1-14,16H,15H2,(H2,34,35,36)/t26-/m0/s1. The lowest BCUT2D eigenvalue weighted by Crippen LogP contribution is -2.40. The Kier molecular flexibility index (Phi) is 6.14. The summed E-state index contributed by atoms with van der Waals surface area (Å²) < 4.78 is 56.0. The van der Waals surface area contributed by atoms with Gasteiger partial charge in [0, 0.05) is 12.6 Å². The fourth-order valence-corrected chi connectivity index (χ4v) is 4.38. The fraction of sp³-hybridized carbons (Fsp3) is 0.111. The van der Waals surface area contributed by atoms with E-state index in [1.807, 2.05) is 48.5 Å². The van der Waals surface area contributed by atoms with Gasteiger partial charge in [-0.25, -0.2) is 9.37 Å². The summed E-state index contributed by atoms with van der Waals surface area (Å²) in [5, 5.41) is 3.64. The van der Waals surface area contributed by atoms with Crippen molar-refractivity contribution in [3.8, 4) is 0 Å². The molecule has 2 N–H and O–H groups in total. The molecule has 0 aliphatic heterocycles. The normalized spacial score (nSPS) is 13.5. The van der Waals surface area contributed by atoms with Crippen LogP contribution >= 0.6 is 11.6 Å². The van der Waals surface area contributed by atoms with Gasteiger partial charge in [0.2, 0.25) is 5.95 Å². The second kappa shape index (κ2) is 9.28. The third-order valence-corrected chi connectivity index (χ3v) is 6.14. The number of fused-ring (bicyclic) bond motifs is 1. The van der Waals surface area contributed by atoms with Crippen molar-refractivity contribution in [2.45, 2.75) is 18.1 Å². The lowest BCUT2D eigenvalue weighted by molar-refractivity contribution is -0.137. The summed E-state index contributed by atoms with van der Waals surface area (Å²) in [5.74, 6) is -0.723. The smallest absolute Gasteiger partial charge is 0.340 e. The van der Waals surface area contributed by atoms with Gasteiger partial charge in [0.15, 0.2) is 0 Å². The van der Waals surface area contributed by atoms with Gasteiger partial charge in [-0.2, -0.15) is 13.2 Å². The zero-order chi connectivity index (χ0) is 25.3. The molecule has 0 aliphatic rings. The second-order valence-electron chi connectivity index (χ2n) is 8.38. The van der Waals surface area contributed by atoms with Crippen molar-refractivity contribution in [2.24, 2.45) is 0 Å². The van der Waals surface area contributed by atoms with Gasteiger partial charge in [-0.3, -0.25) is 4.98 Å². The third kappa shape index (κ3) is 4.77. The molecule has 0 bridgehead atoms. The molecule has 3 aromatic carbocycles. The van der Waals surface area contributed by atoms with E-state index in [9.17, 15) is 17.6 Å². The molecule has 2 heterocycles. The van der Waals surface area contributed by atoms with Crippen LogP contribution in [0.15, 0.2) is 91.1 Å². The minimum absolute atomic E-state index is 0.0361. The molecule has 0 fully saturated rings. The summed E-state index contributed by atoms with van der Waals surface area (Å²) >= 11 is 6.08. The topological polar surface area (TPSA) is 53.6 Å². The van der Waals surface area contributed by atoms with Crippen LogP contribution in [0.3, 0.4) is 0 Å². The molecule has 0 unspecified atom stereocenters. The van der Waals surface area contributed by atoms with Crippen LogP contribution in [0.1, 0.15) is 22.4 Å². The van der Waals surface area contributed by atoms with E-state index in [1.165, 1.54) is 6.20 Å². The van der Waals surface area contributed by atoms with Gasteiger partial charge in [0.05, 0.1) is 27.3 Å². The number of hydrogen-bond donors (Lipinski definition) is 2. The molecule has 1 atom stereocenters. The predicted octanol–water partition coefficient (Wildman–Crippen LogP) is 7.37. The van der Waals surface area contributed by atoms with E-state index in [0.29, 0.717) is 28.2 Å². The number of nitrogens with zero attached hydrogens (tertiary/aromatic N) is 2. The largest absolute Gasteiger partial charge is 0.416 e. The first kappa shape index (κ1) is 23.8. The number of rotatable bonds is 6. The van der Waals surface area contributed by atoms with Gasteiger partial charge in [-0.05, 0) is 53.6 Å².